The van der Waals surface area contributed by atoms with E-state index in [9.17, 15) is 5.11 Å². The predicted molar refractivity (Wildman–Crippen MR) is 84.8 cm³/mol. The minimum Gasteiger partial charge on any atom is -0.496 e. The molecule has 21 heavy (non-hydrogen) atoms. The van der Waals surface area contributed by atoms with E-state index in [1.54, 1.807) is 7.11 Å². The van der Waals surface area contributed by atoms with Gasteiger partial charge in [-0.25, -0.2) is 0 Å². The Morgan fingerprint density at radius 2 is 2.05 bits per heavy atom. The van der Waals surface area contributed by atoms with Crippen LogP contribution in [0.5, 0.6) is 11.5 Å². The molecule has 110 valence electrons. The monoisotopic (exact) mass is 348 g/mol. The van der Waals surface area contributed by atoms with Crippen molar-refractivity contribution >= 4 is 15.9 Å². The van der Waals surface area contributed by atoms with E-state index in [-0.39, 0.29) is 6.10 Å². The Morgan fingerprint density at radius 3 is 2.76 bits per heavy atom. The first-order valence-corrected chi connectivity index (χ1v) is 7.66. The molecule has 1 unspecified atom stereocenters. The highest BCUT2D eigenvalue weighted by Crippen LogP contribution is 2.42. The number of methoxy groups -OCH3 is 1. The molecule has 0 fully saturated rings. The van der Waals surface area contributed by atoms with Crippen molar-refractivity contribution in [3.05, 3.63) is 57.6 Å². The number of halogens is 1. The zero-order chi connectivity index (χ0) is 15.0. The molecule has 3 nitrogen and oxygen atoms in total. The van der Waals surface area contributed by atoms with Crippen molar-refractivity contribution in [2.45, 2.75) is 25.6 Å². The lowest BCUT2D eigenvalue weighted by Crippen LogP contribution is -2.19. The molecule has 4 heteroatoms. The molecule has 0 amide bonds. The van der Waals surface area contributed by atoms with Gasteiger partial charge in [-0.05, 0) is 48.4 Å². The van der Waals surface area contributed by atoms with Gasteiger partial charge >= 0.3 is 0 Å². The number of rotatable bonds is 2. The minimum atomic E-state index is -0.515. The third-order valence-electron chi connectivity index (χ3n) is 3.83. The topological polar surface area (TPSA) is 38.7 Å². The van der Waals surface area contributed by atoms with Gasteiger partial charge in [-0.1, -0.05) is 22.0 Å². The zero-order valence-corrected chi connectivity index (χ0v) is 13.6. The lowest BCUT2D eigenvalue weighted by molar-refractivity contribution is 0.0656. The third-order valence-corrected chi connectivity index (χ3v) is 4.32. The molecular weight excluding hydrogens is 332 g/mol. The molecule has 0 saturated heterocycles. The highest BCUT2D eigenvalue weighted by atomic mass is 79.9. The van der Waals surface area contributed by atoms with E-state index in [2.05, 4.69) is 22.0 Å². The van der Waals surface area contributed by atoms with Crippen LogP contribution >= 0.6 is 15.9 Å². The number of fused-ring (bicyclic) bond motifs is 1. The Balaban J connectivity index is 1.92. The van der Waals surface area contributed by atoms with E-state index < -0.39 is 6.10 Å². The van der Waals surface area contributed by atoms with Crippen molar-refractivity contribution in [1.82, 2.24) is 0 Å². The predicted octanol–water partition coefficient (Wildman–Crippen LogP) is 4.32. The van der Waals surface area contributed by atoms with Crippen molar-refractivity contribution in [3.63, 3.8) is 0 Å². The van der Waals surface area contributed by atoms with Crippen LogP contribution in [-0.2, 0) is 0 Å². The molecule has 1 aliphatic heterocycles. The van der Waals surface area contributed by atoms with Crippen LogP contribution < -0.4 is 9.47 Å². The molecular formula is C17H17BrO3. The highest BCUT2D eigenvalue weighted by molar-refractivity contribution is 9.10. The van der Waals surface area contributed by atoms with Gasteiger partial charge in [-0.15, -0.1) is 0 Å². The van der Waals surface area contributed by atoms with Gasteiger partial charge in [0, 0.05) is 16.5 Å². The summed E-state index contributed by atoms with van der Waals surface area (Å²) in [7, 11) is 1.66. The van der Waals surface area contributed by atoms with E-state index in [1.807, 2.05) is 37.3 Å². The molecule has 2 aromatic rings. The highest BCUT2D eigenvalue weighted by Gasteiger charge is 2.28. The van der Waals surface area contributed by atoms with Gasteiger partial charge in [0.15, 0.2) is 0 Å². The molecule has 0 aromatic heterocycles. The number of hydrogen-bond donors (Lipinski definition) is 1. The van der Waals surface area contributed by atoms with Crippen LogP contribution in [0.4, 0.5) is 0 Å². The van der Waals surface area contributed by atoms with Crippen LogP contribution in [0, 0.1) is 6.92 Å². The average molecular weight is 349 g/mol. The quantitative estimate of drug-likeness (QED) is 0.877. The van der Waals surface area contributed by atoms with E-state index in [0.717, 1.165) is 32.7 Å². The second-order valence-electron chi connectivity index (χ2n) is 5.27. The Bertz CT molecular complexity index is 669. The molecule has 0 aliphatic carbocycles. The van der Waals surface area contributed by atoms with Crippen molar-refractivity contribution in [2.75, 3.05) is 7.11 Å². The van der Waals surface area contributed by atoms with Crippen molar-refractivity contribution in [2.24, 2.45) is 0 Å². The van der Waals surface area contributed by atoms with Gasteiger partial charge < -0.3 is 14.6 Å². The normalized spacial score (nSPS) is 20.6. The van der Waals surface area contributed by atoms with Gasteiger partial charge in [0.2, 0.25) is 0 Å². The maximum Gasteiger partial charge on any atom is 0.127 e. The first-order chi connectivity index (χ1) is 10.1. The number of aryl methyl sites for hydroxylation is 1. The molecule has 2 atom stereocenters. The van der Waals surface area contributed by atoms with Crippen molar-refractivity contribution in [1.29, 1.82) is 0 Å². The zero-order valence-electron chi connectivity index (χ0n) is 12.0. The molecule has 0 bridgehead atoms. The fourth-order valence-corrected chi connectivity index (χ4v) is 3.10. The average Bonchev–Trinajstić information content (AvgIpc) is 2.47. The lowest BCUT2D eigenvalue weighted by Gasteiger charge is -2.30. The van der Waals surface area contributed by atoms with Crippen molar-refractivity contribution < 1.29 is 14.6 Å². The summed E-state index contributed by atoms with van der Waals surface area (Å²) >= 11 is 3.42. The molecule has 1 aliphatic rings. The Labute approximate surface area is 132 Å². The van der Waals surface area contributed by atoms with Crippen LogP contribution in [0.25, 0.3) is 0 Å². The lowest BCUT2D eigenvalue weighted by atomic mass is 9.94. The summed E-state index contributed by atoms with van der Waals surface area (Å²) in [4.78, 5) is 0. The smallest absolute Gasteiger partial charge is 0.127 e. The summed E-state index contributed by atoms with van der Waals surface area (Å²) in [5, 5.41) is 10.4. The number of hydrogen-bond acceptors (Lipinski definition) is 3. The van der Waals surface area contributed by atoms with E-state index >= 15 is 0 Å². The summed E-state index contributed by atoms with van der Waals surface area (Å²) in [6.45, 7) is 2.01. The Kier molecular flexibility index (Phi) is 3.91. The summed E-state index contributed by atoms with van der Waals surface area (Å²) in [5.74, 6) is 1.61. The fraction of sp³-hybridized carbons (Fsp3) is 0.294. The first kappa shape index (κ1) is 14.4. The fourth-order valence-electron chi connectivity index (χ4n) is 2.72. The number of aliphatic hydroxyl groups is 1. The molecule has 1 N–H and O–H groups in total. The van der Waals surface area contributed by atoms with Gasteiger partial charge in [-0.2, -0.15) is 0 Å². The van der Waals surface area contributed by atoms with Gasteiger partial charge in [0.1, 0.15) is 17.6 Å². The van der Waals surface area contributed by atoms with Crippen LogP contribution in [0.15, 0.2) is 40.9 Å². The second-order valence-corrected chi connectivity index (χ2v) is 6.18. The third kappa shape index (κ3) is 2.78. The maximum atomic E-state index is 10.4. The van der Waals surface area contributed by atoms with Crippen LogP contribution in [-0.4, -0.2) is 12.2 Å². The molecule has 3 rings (SSSR count). The Hall–Kier alpha value is -1.52. The maximum absolute atomic E-state index is 10.4. The summed E-state index contributed by atoms with van der Waals surface area (Å²) < 4.78 is 12.3. The minimum absolute atomic E-state index is 0.140. The van der Waals surface area contributed by atoms with Gasteiger partial charge in [-0.3, -0.25) is 0 Å². The summed E-state index contributed by atoms with van der Waals surface area (Å²) in [5.41, 5.74) is 2.96. The second kappa shape index (κ2) is 5.70. The largest absolute Gasteiger partial charge is 0.496 e. The SMILES string of the molecule is COc1ccc(C2C[C@@H](O)c3cc(Br)ccc3O2)cc1C. The molecule has 0 saturated carbocycles. The standard InChI is InChI=1S/C17H17BrO3/c1-10-7-11(3-5-15(10)20-2)17-9-14(19)13-8-12(18)4-6-16(13)21-17/h3-8,14,17,19H,9H2,1-2H3/t14-,17?/m1/s1. The van der Waals surface area contributed by atoms with Gasteiger partial charge in [0.05, 0.1) is 13.2 Å². The molecule has 2 aromatic carbocycles. The Morgan fingerprint density at radius 1 is 1.24 bits per heavy atom. The van der Waals surface area contributed by atoms with Crippen molar-refractivity contribution in [3.8, 4) is 11.5 Å². The van der Waals surface area contributed by atoms with E-state index in [4.69, 9.17) is 9.47 Å². The molecule has 0 radical (unpaired) electrons. The van der Waals surface area contributed by atoms with Gasteiger partial charge in [0.25, 0.3) is 0 Å². The number of benzene rings is 2. The van der Waals surface area contributed by atoms with E-state index in [0.29, 0.717) is 6.42 Å². The van der Waals surface area contributed by atoms with Crippen LogP contribution in [0.2, 0.25) is 0 Å². The molecule has 1 heterocycles. The van der Waals surface area contributed by atoms with Crippen LogP contribution in [0.3, 0.4) is 0 Å². The number of aliphatic hydroxyl groups excluding tert-OH is 1. The first-order valence-electron chi connectivity index (χ1n) is 6.87. The molecule has 0 spiro atoms. The summed E-state index contributed by atoms with van der Waals surface area (Å²) in [6.07, 6.45) is -0.105. The number of ether oxygens (including phenoxy) is 2. The summed E-state index contributed by atoms with van der Waals surface area (Å²) in [6, 6.07) is 11.7. The van der Waals surface area contributed by atoms with Crippen LogP contribution in [0.1, 0.15) is 35.3 Å². The van der Waals surface area contributed by atoms with E-state index in [1.165, 1.54) is 0 Å².